The number of rotatable bonds is 3. The van der Waals surface area contributed by atoms with Gasteiger partial charge in [-0.2, -0.15) is 0 Å². The van der Waals surface area contributed by atoms with Gasteiger partial charge in [0, 0.05) is 17.3 Å². The summed E-state index contributed by atoms with van der Waals surface area (Å²) in [7, 11) is -2.97. The third-order valence-electron chi connectivity index (χ3n) is 3.77. The first-order chi connectivity index (χ1) is 10.9. The van der Waals surface area contributed by atoms with Crippen LogP contribution < -0.4 is 21.4 Å². The van der Waals surface area contributed by atoms with E-state index in [1.807, 2.05) is 0 Å². The fourth-order valence-electron chi connectivity index (χ4n) is 2.57. The number of nitrogens with one attached hydrogen (secondary N) is 2. The average Bonchev–Trinajstić information content (AvgIpc) is 2.97. The van der Waals surface area contributed by atoms with Crippen LogP contribution in [-0.4, -0.2) is 35.7 Å². The van der Waals surface area contributed by atoms with Crippen LogP contribution in [0, 0.1) is 0 Å². The lowest BCUT2D eigenvalue weighted by atomic mass is 10.3. The van der Waals surface area contributed by atoms with Gasteiger partial charge in [0.1, 0.15) is 0 Å². The molecule has 1 aliphatic heterocycles. The molecule has 2 aromatic rings. The minimum atomic E-state index is -2.97. The third kappa shape index (κ3) is 3.35. The van der Waals surface area contributed by atoms with E-state index in [4.69, 9.17) is 11.6 Å². The molecule has 0 aliphatic carbocycles. The Kier molecular flexibility index (Phi) is 4.08. The number of hydrogen-bond donors (Lipinski definition) is 2. The van der Waals surface area contributed by atoms with Crippen molar-refractivity contribution < 1.29 is 8.42 Å². The Morgan fingerprint density at radius 2 is 2.22 bits per heavy atom. The summed E-state index contributed by atoms with van der Waals surface area (Å²) in [5.74, 6) is 0.262. The smallest absolute Gasteiger partial charge is 0.280 e. The summed E-state index contributed by atoms with van der Waals surface area (Å²) in [6, 6.07) is 6.72. The molecule has 2 heterocycles. The van der Waals surface area contributed by atoms with E-state index in [2.05, 4.69) is 17.0 Å². The first-order valence-corrected chi connectivity index (χ1v) is 9.28. The fraction of sp³-hybridized carbons (Fsp3) is 0.267. The molecule has 0 amide bonds. The van der Waals surface area contributed by atoms with Crippen LogP contribution in [0.5, 0.6) is 0 Å². The molecule has 122 valence electrons. The molecule has 1 saturated heterocycles. The number of H-pyrrole nitrogens is 1. The lowest BCUT2D eigenvalue weighted by Gasteiger charge is -2.05. The molecule has 1 aromatic carbocycles. The van der Waals surface area contributed by atoms with Gasteiger partial charge < -0.3 is 5.32 Å². The number of aromatic nitrogens is 2. The monoisotopic (exact) mass is 353 g/mol. The summed E-state index contributed by atoms with van der Waals surface area (Å²) in [6.07, 6.45) is 2.08. The maximum Gasteiger partial charge on any atom is 0.280 e. The van der Waals surface area contributed by atoms with Crippen LogP contribution in [-0.2, 0) is 9.84 Å². The Labute approximate surface area is 138 Å². The standard InChI is InChI=1S/C15H16ClN3O3S/c1-10-14(8-17-12-5-6-23(21,22)9-12)15(20)19(18-10)13-4-2-3-11(16)7-13/h2-4,7-8,12,17-18H,1,5-6,9H2. The third-order valence-corrected chi connectivity index (χ3v) is 5.77. The molecule has 1 atom stereocenters. The quantitative estimate of drug-likeness (QED) is 0.796. The predicted molar refractivity (Wildman–Crippen MR) is 90.8 cm³/mol. The number of benzene rings is 1. The van der Waals surface area contributed by atoms with Gasteiger partial charge in [0.15, 0.2) is 9.84 Å². The Hall–Kier alpha value is -1.99. The Balaban J connectivity index is 1.94. The summed E-state index contributed by atoms with van der Waals surface area (Å²) in [5.41, 5.74) is 0.334. The van der Waals surface area contributed by atoms with E-state index >= 15 is 0 Å². The van der Waals surface area contributed by atoms with Gasteiger partial charge in [0.05, 0.1) is 27.8 Å². The second kappa shape index (κ2) is 5.90. The summed E-state index contributed by atoms with van der Waals surface area (Å²) < 4.78 is 24.3. The first kappa shape index (κ1) is 15.9. The molecule has 1 fully saturated rings. The van der Waals surface area contributed by atoms with Crippen molar-refractivity contribution in [1.29, 1.82) is 0 Å². The summed E-state index contributed by atoms with van der Waals surface area (Å²) in [5, 5.41) is 7.24. The van der Waals surface area contributed by atoms with Crippen LogP contribution >= 0.6 is 11.6 Å². The van der Waals surface area contributed by atoms with Crippen molar-refractivity contribution in [3.63, 3.8) is 0 Å². The lowest BCUT2D eigenvalue weighted by Crippen LogP contribution is -2.38. The zero-order chi connectivity index (χ0) is 16.6. The van der Waals surface area contributed by atoms with E-state index < -0.39 is 9.84 Å². The number of halogens is 1. The van der Waals surface area contributed by atoms with Gasteiger partial charge in [-0.05, 0) is 24.6 Å². The van der Waals surface area contributed by atoms with E-state index in [-0.39, 0.29) is 23.1 Å². The molecule has 0 radical (unpaired) electrons. The normalized spacial score (nSPS) is 20.7. The van der Waals surface area contributed by atoms with E-state index in [0.717, 1.165) is 0 Å². The summed E-state index contributed by atoms with van der Waals surface area (Å²) >= 11 is 5.95. The second-order valence-electron chi connectivity index (χ2n) is 5.54. The number of hydrogen-bond acceptors (Lipinski definition) is 4. The first-order valence-electron chi connectivity index (χ1n) is 7.08. The molecule has 0 spiro atoms. The Morgan fingerprint density at radius 1 is 1.43 bits per heavy atom. The van der Waals surface area contributed by atoms with E-state index in [1.165, 1.54) is 10.9 Å². The van der Waals surface area contributed by atoms with Crippen molar-refractivity contribution in [2.24, 2.45) is 0 Å². The van der Waals surface area contributed by atoms with Crippen LogP contribution in [0.2, 0.25) is 5.02 Å². The Bertz CT molecular complexity index is 1010. The molecule has 8 heteroatoms. The predicted octanol–water partition coefficient (Wildman–Crippen LogP) is -0.256. The molecule has 0 bridgehead atoms. The highest BCUT2D eigenvalue weighted by Crippen LogP contribution is 2.12. The molecular formula is C15H16ClN3O3S. The van der Waals surface area contributed by atoms with Crippen LogP contribution in [0.1, 0.15) is 6.42 Å². The lowest BCUT2D eigenvalue weighted by molar-refractivity contribution is 0.600. The zero-order valence-corrected chi connectivity index (χ0v) is 13.8. The molecule has 1 aromatic heterocycles. The second-order valence-corrected chi connectivity index (χ2v) is 8.20. The van der Waals surface area contributed by atoms with Gasteiger partial charge in [-0.25, -0.2) is 13.1 Å². The van der Waals surface area contributed by atoms with Crippen LogP contribution in [0.4, 0.5) is 0 Å². The molecule has 1 unspecified atom stereocenters. The molecular weight excluding hydrogens is 338 g/mol. The van der Waals surface area contributed by atoms with Gasteiger partial charge in [-0.3, -0.25) is 9.89 Å². The molecule has 6 nitrogen and oxygen atoms in total. The van der Waals surface area contributed by atoms with Crippen LogP contribution in [0.25, 0.3) is 18.5 Å². The topological polar surface area (TPSA) is 84.0 Å². The fourth-order valence-corrected chi connectivity index (χ4v) is 4.44. The van der Waals surface area contributed by atoms with E-state index in [1.54, 1.807) is 24.3 Å². The SMILES string of the molecule is C=c1[nH]n(-c2cccc(Cl)c2)c(=O)c1=CNC1CCS(=O)(=O)C1. The van der Waals surface area contributed by atoms with E-state index in [0.29, 0.717) is 27.7 Å². The Morgan fingerprint density at radius 3 is 2.87 bits per heavy atom. The van der Waals surface area contributed by atoms with Gasteiger partial charge >= 0.3 is 0 Å². The maximum absolute atomic E-state index is 12.5. The largest absolute Gasteiger partial charge is 0.386 e. The van der Waals surface area contributed by atoms with Crippen molar-refractivity contribution in [2.75, 3.05) is 11.5 Å². The highest BCUT2D eigenvalue weighted by Gasteiger charge is 2.26. The number of sulfone groups is 1. The highest BCUT2D eigenvalue weighted by molar-refractivity contribution is 7.91. The van der Waals surface area contributed by atoms with Crippen molar-refractivity contribution in [3.05, 3.63) is 50.2 Å². The molecule has 23 heavy (non-hydrogen) atoms. The van der Waals surface area contributed by atoms with Gasteiger partial charge in [-0.1, -0.05) is 24.2 Å². The maximum atomic E-state index is 12.5. The van der Waals surface area contributed by atoms with Crippen molar-refractivity contribution in [3.8, 4) is 5.69 Å². The highest BCUT2D eigenvalue weighted by atomic mass is 35.5. The minimum Gasteiger partial charge on any atom is -0.386 e. The van der Waals surface area contributed by atoms with Crippen LogP contribution in [0.3, 0.4) is 0 Å². The average molecular weight is 354 g/mol. The molecule has 0 saturated carbocycles. The van der Waals surface area contributed by atoms with E-state index in [9.17, 15) is 13.2 Å². The van der Waals surface area contributed by atoms with Gasteiger partial charge in [0.25, 0.3) is 5.56 Å². The zero-order valence-electron chi connectivity index (χ0n) is 12.3. The van der Waals surface area contributed by atoms with Crippen molar-refractivity contribution in [1.82, 2.24) is 15.1 Å². The molecule has 2 N–H and O–H groups in total. The number of nitrogens with zero attached hydrogens (tertiary/aromatic N) is 1. The van der Waals surface area contributed by atoms with Crippen molar-refractivity contribution in [2.45, 2.75) is 12.5 Å². The summed E-state index contributed by atoms with van der Waals surface area (Å²) in [6.45, 7) is 3.82. The van der Waals surface area contributed by atoms with Gasteiger partial charge in [0.2, 0.25) is 0 Å². The molecule has 1 aliphatic rings. The minimum absolute atomic E-state index is 0.0862. The van der Waals surface area contributed by atoms with Crippen LogP contribution in [0.15, 0.2) is 29.1 Å². The summed E-state index contributed by atoms with van der Waals surface area (Å²) in [4.78, 5) is 12.5. The number of aromatic amines is 1. The van der Waals surface area contributed by atoms with Gasteiger partial charge in [-0.15, -0.1) is 0 Å². The van der Waals surface area contributed by atoms with Crippen molar-refractivity contribution >= 4 is 34.2 Å². The molecule has 3 rings (SSSR count).